The summed E-state index contributed by atoms with van der Waals surface area (Å²) in [5.74, 6) is -0.0504. The number of nitrogens with zero attached hydrogens (tertiary/aromatic N) is 1. The quantitative estimate of drug-likeness (QED) is 0.598. The molecule has 1 unspecified atom stereocenters. The smallest absolute Gasteiger partial charge is 0.387 e. The first-order valence-electron chi connectivity index (χ1n) is 6.73. The van der Waals surface area contributed by atoms with Crippen LogP contribution < -0.4 is 4.74 Å². The Labute approximate surface area is 132 Å². The molecule has 2 aromatic rings. The van der Waals surface area contributed by atoms with Crippen molar-refractivity contribution < 1.29 is 18.3 Å². The molecule has 6 heteroatoms. The number of ketones is 1. The summed E-state index contributed by atoms with van der Waals surface area (Å²) in [7, 11) is 0. The number of ether oxygens (including phenoxy) is 1. The van der Waals surface area contributed by atoms with E-state index < -0.39 is 12.0 Å². The minimum atomic E-state index is -2.85. The molecule has 1 atom stereocenters. The SMILES string of the molecule is Cc1cc(C(=O)C(C)Cl)c(C)n1-c1ccc(OC(F)F)cc1. The summed E-state index contributed by atoms with van der Waals surface area (Å²) in [6.45, 7) is 2.47. The summed E-state index contributed by atoms with van der Waals surface area (Å²) in [6, 6.07) is 8.03. The number of Topliss-reactive ketones (excluding diaryl/α,β-unsaturated/α-hetero) is 1. The highest BCUT2D eigenvalue weighted by atomic mass is 35.5. The summed E-state index contributed by atoms with van der Waals surface area (Å²) in [6.07, 6.45) is 0. The average molecular weight is 328 g/mol. The van der Waals surface area contributed by atoms with Crippen molar-refractivity contribution in [2.75, 3.05) is 0 Å². The number of carbonyl (C=O) groups excluding carboxylic acids is 1. The minimum absolute atomic E-state index is 0.0897. The number of hydrogen-bond donors (Lipinski definition) is 0. The number of halogens is 3. The van der Waals surface area contributed by atoms with Gasteiger partial charge in [-0.2, -0.15) is 8.78 Å². The molecule has 0 bridgehead atoms. The van der Waals surface area contributed by atoms with E-state index in [-0.39, 0.29) is 11.5 Å². The summed E-state index contributed by atoms with van der Waals surface area (Å²) in [5, 5.41) is -0.601. The third-order valence-electron chi connectivity index (χ3n) is 3.38. The van der Waals surface area contributed by atoms with Crippen LogP contribution in [0.25, 0.3) is 5.69 Å². The number of rotatable bonds is 5. The Kier molecular flexibility index (Phi) is 4.86. The largest absolute Gasteiger partial charge is 0.435 e. The number of carbonyl (C=O) groups is 1. The highest BCUT2D eigenvalue weighted by molar-refractivity contribution is 6.33. The monoisotopic (exact) mass is 327 g/mol. The summed E-state index contributed by atoms with van der Waals surface area (Å²) >= 11 is 5.87. The lowest BCUT2D eigenvalue weighted by Gasteiger charge is -2.11. The number of aromatic nitrogens is 1. The first kappa shape index (κ1) is 16.5. The lowest BCUT2D eigenvalue weighted by Crippen LogP contribution is -2.11. The summed E-state index contributed by atoms with van der Waals surface area (Å²) in [4.78, 5) is 12.1. The number of hydrogen-bond acceptors (Lipinski definition) is 2. The van der Waals surface area contributed by atoms with Crippen molar-refractivity contribution in [3.05, 3.63) is 47.3 Å². The maximum Gasteiger partial charge on any atom is 0.387 e. The van der Waals surface area contributed by atoms with Crippen molar-refractivity contribution in [3.63, 3.8) is 0 Å². The Hall–Kier alpha value is -1.88. The second-order valence-electron chi connectivity index (χ2n) is 4.97. The molecule has 0 saturated carbocycles. The fourth-order valence-electron chi connectivity index (χ4n) is 2.40. The van der Waals surface area contributed by atoms with E-state index in [0.29, 0.717) is 5.56 Å². The third-order valence-corrected chi connectivity index (χ3v) is 3.58. The molecule has 0 aliphatic carbocycles. The normalized spacial score (nSPS) is 12.5. The van der Waals surface area contributed by atoms with Crippen molar-refractivity contribution in [1.29, 1.82) is 0 Å². The Morgan fingerprint density at radius 2 is 1.82 bits per heavy atom. The fourth-order valence-corrected chi connectivity index (χ4v) is 2.52. The van der Waals surface area contributed by atoms with Crippen LogP contribution in [0.15, 0.2) is 30.3 Å². The lowest BCUT2D eigenvalue weighted by atomic mass is 10.1. The van der Waals surface area contributed by atoms with E-state index in [4.69, 9.17) is 11.6 Å². The summed E-state index contributed by atoms with van der Waals surface area (Å²) < 4.78 is 30.5. The van der Waals surface area contributed by atoms with Gasteiger partial charge in [0.1, 0.15) is 5.75 Å². The first-order valence-corrected chi connectivity index (χ1v) is 7.17. The number of benzene rings is 1. The van der Waals surface area contributed by atoms with Crippen molar-refractivity contribution in [2.45, 2.75) is 32.8 Å². The Morgan fingerprint density at radius 3 is 2.32 bits per heavy atom. The molecule has 0 radical (unpaired) electrons. The van der Waals surface area contributed by atoms with Crippen LogP contribution in [0.4, 0.5) is 8.78 Å². The highest BCUT2D eigenvalue weighted by Gasteiger charge is 2.20. The van der Waals surface area contributed by atoms with Gasteiger partial charge in [0.25, 0.3) is 0 Å². The van der Waals surface area contributed by atoms with E-state index >= 15 is 0 Å². The summed E-state index contributed by atoms with van der Waals surface area (Å²) in [5.41, 5.74) is 2.95. The van der Waals surface area contributed by atoms with E-state index in [2.05, 4.69) is 4.74 Å². The van der Waals surface area contributed by atoms with Gasteiger partial charge in [0.05, 0.1) is 5.38 Å². The topological polar surface area (TPSA) is 31.2 Å². The standard InChI is InChI=1S/C16H16ClF2NO2/c1-9-8-14(15(21)10(2)17)11(3)20(9)12-4-6-13(7-5-12)22-16(18)19/h4-8,10,16H,1-3H3. The molecular weight excluding hydrogens is 312 g/mol. The van der Waals surface area contributed by atoms with Crippen LogP contribution in [-0.2, 0) is 0 Å². The Balaban J connectivity index is 2.39. The second-order valence-corrected chi connectivity index (χ2v) is 5.63. The maximum atomic E-state index is 12.2. The molecule has 0 aliphatic heterocycles. The Bertz CT molecular complexity index is 678. The van der Waals surface area contributed by atoms with E-state index in [9.17, 15) is 13.6 Å². The van der Waals surface area contributed by atoms with E-state index in [0.717, 1.165) is 17.1 Å². The van der Waals surface area contributed by atoms with Crippen LogP contribution in [0, 0.1) is 13.8 Å². The molecule has 3 nitrogen and oxygen atoms in total. The molecule has 2 rings (SSSR count). The van der Waals surface area contributed by atoms with Crippen LogP contribution in [-0.4, -0.2) is 22.3 Å². The molecule has 0 amide bonds. The van der Waals surface area contributed by atoms with Crippen LogP contribution in [0.5, 0.6) is 5.75 Å². The molecule has 0 aliphatic rings. The third kappa shape index (κ3) is 3.30. The zero-order valence-corrected chi connectivity index (χ0v) is 13.2. The van der Waals surface area contributed by atoms with E-state index in [1.165, 1.54) is 12.1 Å². The zero-order valence-electron chi connectivity index (χ0n) is 12.4. The zero-order chi connectivity index (χ0) is 16.4. The van der Waals surface area contributed by atoms with E-state index in [1.54, 1.807) is 25.1 Å². The second kappa shape index (κ2) is 6.48. The highest BCUT2D eigenvalue weighted by Crippen LogP contribution is 2.24. The van der Waals surface area contributed by atoms with Gasteiger partial charge in [0.2, 0.25) is 0 Å². The predicted octanol–water partition coefficient (Wildman–Crippen LogP) is 4.51. The molecular formula is C16H16ClF2NO2. The van der Waals surface area contributed by atoms with Gasteiger partial charge in [-0.15, -0.1) is 11.6 Å². The number of alkyl halides is 3. The molecule has 1 heterocycles. The fraction of sp³-hybridized carbons (Fsp3) is 0.312. The van der Waals surface area contributed by atoms with Crippen LogP contribution in [0.1, 0.15) is 28.7 Å². The van der Waals surface area contributed by atoms with Crippen molar-refractivity contribution >= 4 is 17.4 Å². The molecule has 1 aromatic carbocycles. The van der Waals surface area contributed by atoms with Gasteiger partial charge in [-0.25, -0.2) is 0 Å². The Morgan fingerprint density at radius 1 is 1.23 bits per heavy atom. The van der Waals surface area contributed by atoms with Gasteiger partial charge < -0.3 is 9.30 Å². The van der Waals surface area contributed by atoms with Crippen molar-refractivity contribution in [1.82, 2.24) is 4.57 Å². The van der Waals surface area contributed by atoms with Gasteiger partial charge in [-0.3, -0.25) is 4.79 Å². The molecule has 0 spiro atoms. The lowest BCUT2D eigenvalue weighted by molar-refractivity contribution is -0.0498. The minimum Gasteiger partial charge on any atom is -0.435 e. The molecule has 0 fully saturated rings. The molecule has 1 aromatic heterocycles. The van der Waals surface area contributed by atoms with Gasteiger partial charge in [-0.1, -0.05) is 0 Å². The van der Waals surface area contributed by atoms with Crippen LogP contribution in [0.2, 0.25) is 0 Å². The molecule has 0 N–H and O–H groups in total. The molecule has 0 saturated heterocycles. The van der Waals surface area contributed by atoms with Gasteiger partial charge in [-0.05, 0) is 51.1 Å². The van der Waals surface area contributed by atoms with E-state index in [1.807, 2.05) is 18.4 Å². The maximum absolute atomic E-state index is 12.2. The molecule has 22 heavy (non-hydrogen) atoms. The number of aryl methyl sites for hydroxylation is 1. The predicted molar refractivity (Wildman–Crippen MR) is 81.5 cm³/mol. The van der Waals surface area contributed by atoms with Crippen molar-refractivity contribution in [2.24, 2.45) is 0 Å². The van der Waals surface area contributed by atoms with Crippen LogP contribution >= 0.6 is 11.6 Å². The van der Waals surface area contributed by atoms with Gasteiger partial charge in [0.15, 0.2) is 5.78 Å². The average Bonchev–Trinajstić information content (AvgIpc) is 2.73. The van der Waals surface area contributed by atoms with Crippen LogP contribution in [0.3, 0.4) is 0 Å². The van der Waals surface area contributed by atoms with Crippen molar-refractivity contribution in [3.8, 4) is 11.4 Å². The van der Waals surface area contributed by atoms with Gasteiger partial charge >= 0.3 is 6.61 Å². The van der Waals surface area contributed by atoms with Gasteiger partial charge in [0, 0.05) is 22.6 Å². The first-order chi connectivity index (χ1) is 10.3. The molecule has 118 valence electrons.